The normalized spacial score (nSPS) is 11.5. The van der Waals surface area contributed by atoms with Gasteiger partial charge in [0.15, 0.2) is 23.0 Å². The summed E-state index contributed by atoms with van der Waals surface area (Å²) < 4.78 is 45.2. The van der Waals surface area contributed by atoms with Gasteiger partial charge in [0.05, 0.1) is 19.1 Å². The molecule has 0 fully saturated rings. The number of hydrogen-bond donors (Lipinski definition) is 1. The van der Waals surface area contributed by atoms with Gasteiger partial charge in [0.2, 0.25) is 15.9 Å². The van der Waals surface area contributed by atoms with Crippen molar-refractivity contribution in [2.24, 2.45) is 0 Å². The highest BCUT2D eigenvalue weighted by molar-refractivity contribution is 7.89. The van der Waals surface area contributed by atoms with Crippen LogP contribution in [0.1, 0.15) is 5.56 Å². The molecular formula is C22H23N5O5S. The molecule has 2 aromatic carbocycles. The smallest absolute Gasteiger partial charge is 0.240 e. The van der Waals surface area contributed by atoms with Crippen molar-refractivity contribution in [3.8, 4) is 28.8 Å². The van der Waals surface area contributed by atoms with Crippen molar-refractivity contribution in [1.29, 1.82) is 0 Å². The Kier molecular flexibility index (Phi) is 6.43. The fourth-order valence-corrected chi connectivity index (χ4v) is 4.32. The number of benzene rings is 2. The summed E-state index contributed by atoms with van der Waals surface area (Å²) in [4.78, 5) is 0.214. The van der Waals surface area contributed by atoms with Gasteiger partial charge < -0.3 is 14.2 Å². The zero-order valence-electron chi connectivity index (χ0n) is 18.3. The van der Waals surface area contributed by atoms with Crippen LogP contribution >= 0.6 is 0 Å². The Hall–Kier alpha value is -3.70. The molecule has 0 aliphatic carbocycles. The van der Waals surface area contributed by atoms with Crippen LogP contribution in [0.15, 0.2) is 59.5 Å². The van der Waals surface area contributed by atoms with Crippen LogP contribution in [-0.2, 0) is 10.0 Å². The summed E-state index contributed by atoms with van der Waals surface area (Å²) in [5.74, 6) is 1.95. The number of hydrogen-bond acceptors (Lipinski definition) is 8. The van der Waals surface area contributed by atoms with E-state index in [9.17, 15) is 8.42 Å². The Morgan fingerprint density at radius 2 is 1.79 bits per heavy atom. The van der Waals surface area contributed by atoms with Crippen molar-refractivity contribution in [2.45, 2.75) is 11.8 Å². The van der Waals surface area contributed by atoms with E-state index in [1.54, 1.807) is 61.2 Å². The van der Waals surface area contributed by atoms with Gasteiger partial charge in [0, 0.05) is 18.2 Å². The van der Waals surface area contributed by atoms with Gasteiger partial charge in [-0.3, -0.25) is 0 Å². The number of nitrogens with zero attached hydrogens (tertiary/aromatic N) is 4. The SMILES string of the molecule is COc1ccc(-c2nnc3ccc(OCCNS(=O)(=O)c4cccc(C)c4)nn23)cc1OC. The van der Waals surface area contributed by atoms with Crippen molar-refractivity contribution >= 4 is 15.7 Å². The van der Waals surface area contributed by atoms with Crippen LogP contribution in [-0.4, -0.2) is 55.6 Å². The molecule has 0 spiro atoms. The first-order valence-electron chi connectivity index (χ1n) is 10.1. The van der Waals surface area contributed by atoms with Gasteiger partial charge in [-0.05, 0) is 48.9 Å². The fourth-order valence-electron chi connectivity index (χ4n) is 3.20. The quantitative estimate of drug-likeness (QED) is 0.372. The zero-order valence-corrected chi connectivity index (χ0v) is 19.2. The second-order valence-corrected chi connectivity index (χ2v) is 8.86. The fraction of sp³-hybridized carbons (Fsp3) is 0.227. The molecule has 0 amide bonds. The summed E-state index contributed by atoms with van der Waals surface area (Å²) in [6, 6.07) is 15.5. The first-order chi connectivity index (χ1) is 15.9. The maximum absolute atomic E-state index is 12.4. The second kappa shape index (κ2) is 9.43. The maximum Gasteiger partial charge on any atom is 0.240 e. The lowest BCUT2D eigenvalue weighted by Crippen LogP contribution is -2.28. The highest BCUT2D eigenvalue weighted by Gasteiger charge is 2.15. The van der Waals surface area contributed by atoms with E-state index in [-0.39, 0.29) is 18.0 Å². The highest BCUT2D eigenvalue weighted by atomic mass is 32.2. The largest absolute Gasteiger partial charge is 0.493 e. The number of nitrogens with one attached hydrogen (secondary N) is 1. The first kappa shape index (κ1) is 22.5. The van der Waals surface area contributed by atoms with Gasteiger partial charge in [-0.1, -0.05) is 12.1 Å². The molecule has 4 rings (SSSR count). The predicted molar refractivity (Wildman–Crippen MR) is 121 cm³/mol. The summed E-state index contributed by atoms with van der Waals surface area (Å²) in [7, 11) is -0.494. The van der Waals surface area contributed by atoms with E-state index in [0.717, 1.165) is 11.1 Å². The van der Waals surface area contributed by atoms with Crippen molar-refractivity contribution in [3.05, 3.63) is 60.2 Å². The van der Waals surface area contributed by atoms with Crippen LogP contribution in [0.2, 0.25) is 0 Å². The molecule has 0 saturated heterocycles. The Morgan fingerprint density at radius 3 is 2.55 bits per heavy atom. The lowest BCUT2D eigenvalue weighted by Gasteiger charge is -2.10. The van der Waals surface area contributed by atoms with E-state index >= 15 is 0 Å². The van der Waals surface area contributed by atoms with Gasteiger partial charge in [-0.15, -0.1) is 15.3 Å². The average Bonchev–Trinajstić information content (AvgIpc) is 3.24. The van der Waals surface area contributed by atoms with E-state index < -0.39 is 10.0 Å². The number of aromatic nitrogens is 4. The first-order valence-corrected chi connectivity index (χ1v) is 11.5. The topological polar surface area (TPSA) is 117 Å². The van der Waals surface area contributed by atoms with Crippen LogP contribution in [0, 0.1) is 6.92 Å². The number of rotatable bonds is 9. The standard InChI is InChI=1S/C22H23N5O5S/c1-15-5-4-6-17(13-15)33(28,29)23-11-12-32-21-10-9-20-24-25-22(27(20)26-21)16-7-8-18(30-2)19(14-16)31-3/h4-10,13-14,23H,11-12H2,1-3H3. The number of fused-ring (bicyclic) bond motifs is 1. The van der Waals surface area contributed by atoms with Crippen LogP contribution in [0.3, 0.4) is 0 Å². The molecule has 4 aromatic rings. The Bertz CT molecular complexity index is 1390. The monoisotopic (exact) mass is 469 g/mol. The van der Waals surface area contributed by atoms with Crippen molar-refractivity contribution in [3.63, 3.8) is 0 Å². The lowest BCUT2D eigenvalue weighted by molar-refractivity contribution is 0.306. The highest BCUT2D eigenvalue weighted by Crippen LogP contribution is 2.31. The van der Waals surface area contributed by atoms with Crippen molar-refractivity contribution in [2.75, 3.05) is 27.4 Å². The van der Waals surface area contributed by atoms with E-state index in [4.69, 9.17) is 14.2 Å². The summed E-state index contributed by atoms with van der Waals surface area (Å²) in [5.41, 5.74) is 2.13. The summed E-state index contributed by atoms with van der Waals surface area (Å²) in [5, 5.41) is 12.8. The number of ether oxygens (including phenoxy) is 3. The minimum absolute atomic E-state index is 0.0840. The zero-order chi connectivity index (χ0) is 23.4. The van der Waals surface area contributed by atoms with Crippen molar-refractivity contribution < 1.29 is 22.6 Å². The minimum Gasteiger partial charge on any atom is -0.493 e. The maximum atomic E-state index is 12.4. The molecule has 33 heavy (non-hydrogen) atoms. The van der Waals surface area contributed by atoms with E-state index in [1.165, 1.54) is 0 Å². The van der Waals surface area contributed by atoms with Gasteiger partial charge in [0.25, 0.3) is 0 Å². The third-order valence-corrected chi connectivity index (χ3v) is 6.28. The lowest BCUT2D eigenvalue weighted by atomic mass is 10.2. The van der Waals surface area contributed by atoms with E-state index in [0.29, 0.717) is 28.9 Å². The molecule has 0 aliphatic rings. The molecule has 1 N–H and O–H groups in total. The molecule has 0 unspecified atom stereocenters. The Morgan fingerprint density at radius 1 is 0.970 bits per heavy atom. The van der Waals surface area contributed by atoms with Crippen LogP contribution in [0.4, 0.5) is 0 Å². The van der Waals surface area contributed by atoms with Gasteiger partial charge in [-0.2, -0.15) is 4.52 Å². The summed E-state index contributed by atoms with van der Waals surface area (Å²) >= 11 is 0. The number of methoxy groups -OCH3 is 2. The number of sulfonamides is 1. The van der Waals surface area contributed by atoms with Crippen LogP contribution in [0.5, 0.6) is 17.4 Å². The molecule has 0 aliphatic heterocycles. The Labute approximate surface area is 191 Å². The van der Waals surface area contributed by atoms with Gasteiger partial charge in [0.1, 0.15) is 6.61 Å². The van der Waals surface area contributed by atoms with Gasteiger partial charge in [-0.25, -0.2) is 13.1 Å². The predicted octanol–water partition coefficient (Wildman–Crippen LogP) is 2.47. The minimum atomic E-state index is -3.62. The molecule has 0 atom stereocenters. The molecule has 0 bridgehead atoms. The molecule has 0 saturated carbocycles. The average molecular weight is 470 g/mol. The van der Waals surface area contributed by atoms with E-state index in [2.05, 4.69) is 20.0 Å². The number of aryl methyl sites for hydroxylation is 1. The Balaban J connectivity index is 1.47. The van der Waals surface area contributed by atoms with Crippen LogP contribution in [0.25, 0.3) is 17.0 Å². The molecular weight excluding hydrogens is 446 g/mol. The molecule has 2 heterocycles. The molecule has 172 valence electrons. The van der Waals surface area contributed by atoms with Crippen molar-refractivity contribution in [1.82, 2.24) is 24.5 Å². The summed E-state index contributed by atoms with van der Waals surface area (Å²) in [6.07, 6.45) is 0. The molecule has 2 aromatic heterocycles. The summed E-state index contributed by atoms with van der Waals surface area (Å²) in [6.45, 7) is 2.02. The third-order valence-electron chi connectivity index (χ3n) is 4.82. The van der Waals surface area contributed by atoms with Crippen LogP contribution < -0.4 is 18.9 Å². The molecule has 11 heteroatoms. The van der Waals surface area contributed by atoms with E-state index in [1.807, 2.05) is 19.1 Å². The molecule has 0 radical (unpaired) electrons. The third kappa shape index (κ3) is 4.89. The molecule has 10 nitrogen and oxygen atoms in total. The second-order valence-electron chi connectivity index (χ2n) is 7.10. The van der Waals surface area contributed by atoms with Gasteiger partial charge >= 0.3 is 0 Å².